The molecule has 0 fully saturated rings. The van der Waals surface area contributed by atoms with Crippen molar-refractivity contribution in [2.45, 2.75) is 13.0 Å². The summed E-state index contributed by atoms with van der Waals surface area (Å²) in [7, 11) is 1.88. The lowest BCUT2D eigenvalue weighted by atomic mass is 10.2. The molecular weight excluding hydrogens is 164 g/mol. The fraction of sp³-hybridized carbons (Fsp3) is 0.333. The molecule has 4 nitrogen and oxygen atoms in total. The predicted molar refractivity (Wildman–Crippen MR) is 51.2 cm³/mol. The minimum absolute atomic E-state index is 0.274. The molecular formula is C9H11N4-. The van der Waals surface area contributed by atoms with Crippen molar-refractivity contribution in [2.75, 3.05) is 0 Å². The SMILES string of the molecule is C[C@@H]([NH-])c1cc2cnn(C)c2cn1. The summed E-state index contributed by atoms with van der Waals surface area (Å²) in [6.45, 7) is 1.81. The Balaban J connectivity index is 2.63. The molecule has 13 heavy (non-hydrogen) atoms. The quantitative estimate of drug-likeness (QED) is 0.666. The van der Waals surface area contributed by atoms with E-state index in [4.69, 9.17) is 5.73 Å². The zero-order valence-electron chi connectivity index (χ0n) is 7.65. The number of hydrogen-bond donors (Lipinski definition) is 0. The molecule has 68 valence electrons. The molecule has 0 radical (unpaired) electrons. The van der Waals surface area contributed by atoms with E-state index in [9.17, 15) is 0 Å². The number of hydrogen-bond acceptors (Lipinski definition) is 2. The third kappa shape index (κ3) is 1.29. The fourth-order valence-electron chi connectivity index (χ4n) is 1.30. The molecule has 2 aromatic heterocycles. The van der Waals surface area contributed by atoms with Gasteiger partial charge in [0, 0.05) is 18.1 Å². The first kappa shape index (κ1) is 8.19. The Kier molecular flexibility index (Phi) is 1.77. The highest BCUT2D eigenvalue weighted by Gasteiger charge is 2.01. The Morgan fingerprint density at radius 1 is 1.46 bits per heavy atom. The highest BCUT2D eigenvalue weighted by Crippen LogP contribution is 2.18. The van der Waals surface area contributed by atoms with Crippen LogP contribution in [0.15, 0.2) is 18.5 Å². The minimum atomic E-state index is -0.274. The van der Waals surface area contributed by atoms with Crippen LogP contribution >= 0.6 is 0 Å². The summed E-state index contributed by atoms with van der Waals surface area (Å²) >= 11 is 0. The lowest BCUT2D eigenvalue weighted by Crippen LogP contribution is -1.93. The average molecular weight is 175 g/mol. The number of pyridine rings is 1. The largest absolute Gasteiger partial charge is 0.670 e. The first-order valence-corrected chi connectivity index (χ1v) is 4.17. The lowest BCUT2D eigenvalue weighted by Gasteiger charge is -2.11. The van der Waals surface area contributed by atoms with Gasteiger partial charge < -0.3 is 5.73 Å². The summed E-state index contributed by atoms with van der Waals surface area (Å²) in [4.78, 5) is 4.19. The molecule has 0 bridgehead atoms. The second kappa shape index (κ2) is 2.81. The van der Waals surface area contributed by atoms with Crippen molar-refractivity contribution in [1.29, 1.82) is 0 Å². The first-order valence-electron chi connectivity index (χ1n) is 4.17. The van der Waals surface area contributed by atoms with Gasteiger partial charge in [0.2, 0.25) is 0 Å². The van der Waals surface area contributed by atoms with Crippen LogP contribution in [-0.2, 0) is 7.05 Å². The van der Waals surface area contributed by atoms with E-state index in [1.807, 2.05) is 20.0 Å². The summed E-state index contributed by atoms with van der Waals surface area (Å²) in [5.41, 5.74) is 9.31. The number of nitrogens with zero attached hydrogens (tertiary/aromatic N) is 3. The maximum absolute atomic E-state index is 7.51. The van der Waals surface area contributed by atoms with Gasteiger partial charge in [0.05, 0.1) is 17.9 Å². The Hall–Kier alpha value is -1.42. The molecule has 0 saturated carbocycles. The van der Waals surface area contributed by atoms with Gasteiger partial charge in [0.25, 0.3) is 0 Å². The third-order valence-electron chi connectivity index (χ3n) is 2.10. The second-order valence-corrected chi connectivity index (χ2v) is 3.16. The number of fused-ring (bicyclic) bond motifs is 1. The van der Waals surface area contributed by atoms with E-state index >= 15 is 0 Å². The number of aromatic nitrogens is 3. The molecule has 0 unspecified atom stereocenters. The number of rotatable bonds is 1. The summed E-state index contributed by atoms with van der Waals surface area (Å²) in [6, 6.07) is 1.64. The molecule has 0 saturated heterocycles. The molecule has 2 heterocycles. The zero-order chi connectivity index (χ0) is 9.42. The zero-order valence-corrected chi connectivity index (χ0v) is 7.65. The van der Waals surface area contributed by atoms with Crippen LogP contribution < -0.4 is 0 Å². The highest BCUT2D eigenvalue weighted by atomic mass is 15.2. The van der Waals surface area contributed by atoms with Crippen molar-refractivity contribution in [1.82, 2.24) is 14.8 Å². The maximum atomic E-state index is 7.51. The van der Waals surface area contributed by atoms with Crippen molar-refractivity contribution < 1.29 is 0 Å². The molecule has 2 rings (SSSR count). The average Bonchev–Trinajstić information content (AvgIpc) is 2.47. The van der Waals surface area contributed by atoms with Gasteiger partial charge in [0.1, 0.15) is 0 Å². The van der Waals surface area contributed by atoms with E-state index in [0.717, 1.165) is 16.6 Å². The number of nitrogens with one attached hydrogen (secondary N) is 1. The van der Waals surface area contributed by atoms with Crippen LogP contribution in [0.5, 0.6) is 0 Å². The van der Waals surface area contributed by atoms with E-state index in [1.54, 1.807) is 17.1 Å². The summed E-state index contributed by atoms with van der Waals surface area (Å²) in [6.07, 6.45) is 3.56. The van der Waals surface area contributed by atoms with Gasteiger partial charge >= 0.3 is 0 Å². The minimum Gasteiger partial charge on any atom is -0.670 e. The molecule has 0 spiro atoms. The summed E-state index contributed by atoms with van der Waals surface area (Å²) in [5, 5.41) is 5.16. The van der Waals surface area contributed by atoms with Crippen LogP contribution in [0, 0.1) is 0 Å². The van der Waals surface area contributed by atoms with Gasteiger partial charge in [-0.3, -0.25) is 9.67 Å². The maximum Gasteiger partial charge on any atom is 0.0862 e. The Bertz CT molecular complexity index is 430. The molecule has 0 aromatic carbocycles. The van der Waals surface area contributed by atoms with Crippen molar-refractivity contribution >= 4 is 10.9 Å². The van der Waals surface area contributed by atoms with E-state index in [0.29, 0.717) is 0 Å². The molecule has 0 amide bonds. The predicted octanol–water partition coefficient (Wildman–Crippen LogP) is 2.08. The standard InChI is InChI=1S/C9H11N4/c1-6(10)8-3-7-4-12-13(2)9(7)5-11-8/h3-6,10H,1-2H3/q-1/t6-/m1/s1. The van der Waals surface area contributed by atoms with Crippen molar-refractivity contribution in [3.8, 4) is 0 Å². The monoisotopic (exact) mass is 175 g/mol. The first-order chi connectivity index (χ1) is 6.18. The van der Waals surface area contributed by atoms with Gasteiger partial charge in [-0.1, -0.05) is 13.0 Å². The number of aryl methyl sites for hydroxylation is 1. The van der Waals surface area contributed by atoms with Gasteiger partial charge in [-0.05, 0) is 6.07 Å². The molecule has 2 aromatic rings. The van der Waals surface area contributed by atoms with Crippen LogP contribution in [-0.4, -0.2) is 14.8 Å². The van der Waals surface area contributed by atoms with Crippen molar-refractivity contribution in [3.63, 3.8) is 0 Å². The van der Waals surface area contributed by atoms with Crippen LogP contribution in [0.1, 0.15) is 18.7 Å². The summed E-state index contributed by atoms with van der Waals surface area (Å²) < 4.78 is 1.78. The van der Waals surface area contributed by atoms with Crippen LogP contribution in [0.25, 0.3) is 16.6 Å². The van der Waals surface area contributed by atoms with Crippen LogP contribution in [0.4, 0.5) is 0 Å². The van der Waals surface area contributed by atoms with Gasteiger partial charge in [0.15, 0.2) is 0 Å². The van der Waals surface area contributed by atoms with Gasteiger partial charge in [-0.2, -0.15) is 5.10 Å². The van der Waals surface area contributed by atoms with E-state index in [2.05, 4.69) is 10.1 Å². The Labute approximate surface area is 76.4 Å². The topological polar surface area (TPSA) is 54.5 Å². The normalized spacial score (nSPS) is 13.5. The van der Waals surface area contributed by atoms with Crippen LogP contribution in [0.2, 0.25) is 0 Å². The van der Waals surface area contributed by atoms with E-state index in [-0.39, 0.29) is 6.04 Å². The molecule has 1 N–H and O–H groups in total. The van der Waals surface area contributed by atoms with Gasteiger partial charge in [-0.15, -0.1) is 0 Å². The lowest BCUT2D eigenvalue weighted by molar-refractivity contribution is 0.794. The smallest absolute Gasteiger partial charge is 0.0862 e. The van der Waals surface area contributed by atoms with Crippen molar-refractivity contribution in [2.24, 2.45) is 7.05 Å². The highest BCUT2D eigenvalue weighted by molar-refractivity contribution is 5.77. The fourth-order valence-corrected chi connectivity index (χ4v) is 1.30. The Morgan fingerprint density at radius 2 is 2.23 bits per heavy atom. The second-order valence-electron chi connectivity index (χ2n) is 3.16. The van der Waals surface area contributed by atoms with E-state index < -0.39 is 0 Å². The molecule has 0 aliphatic rings. The van der Waals surface area contributed by atoms with Crippen molar-refractivity contribution in [3.05, 3.63) is 29.9 Å². The third-order valence-corrected chi connectivity index (χ3v) is 2.10. The molecule has 0 aliphatic carbocycles. The van der Waals surface area contributed by atoms with Crippen LogP contribution in [0.3, 0.4) is 0 Å². The molecule has 1 atom stereocenters. The Morgan fingerprint density at radius 3 is 2.92 bits per heavy atom. The summed E-state index contributed by atoms with van der Waals surface area (Å²) in [5.74, 6) is 0. The molecule has 4 heteroatoms. The van der Waals surface area contributed by atoms with E-state index in [1.165, 1.54) is 0 Å². The van der Waals surface area contributed by atoms with Gasteiger partial charge in [-0.25, -0.2) is 0 Å². The molecule has 0 aliphatic heterocycles.